The highest BCUT2D eigenvalue weighted by atomic mass is 19.1. The van der Waals surface area contributed by atoms with Crippen molar-refractivity contribution in [1.29, 1.82) is 0 Å². The van der Waals surface area contributed by atoms with E-state index in [0.717, 1.165) is 25.3 Å². The number of benzene rings is 1. The number of hydrogen-bond acceptors (Lipinski definition) is 4. The van der Waals surface area contributed by atoms with Gasteiger partial charge < -0.3 is 15.4 Å². The van der Waals surface area contributed by atoms with Crippen LogP contribution in [0.1, 0.15) is 36.0 Å². The Morgan fingerprint density at radius 1 is 1.43 bits per heavy atom. The lowest BCUT2D eigenvalue weighted by molar-refractivity contribution is -0.142. The Labute approximate surface area is 122 Å². The number of carbonyl (C=O) groups excluding carboxylic acids is 2. The lowest BCUT2D eigenvalue weighted by Gasteiger charge is -2.35. The third-order valence-electron chi connectivity index (χ3n) is 3.77. The fraction of sp³-hybridized carbons (Fsp3) is 0.467. The summed E-state index contributed by atoms with van der Waals surface area (Å²) < 4.78 is 18.2. The van der Waals surface area contributed by atoms with E-state index < -0.39 is 5.82 Å². The van der Waals surface area contributed by atoms with Gasteiger partial charge in [-0.15, -0.1) is 0 Å². The van der Waals surface area contributed by atoms with Crippen molar-refractivity contribution in [3.05, 3.63) is 29.6 Å². The summed E-state index contributed by atoms with van der Waals surface area (Å²) in [7, 11) is 1.33. The van der Waals surface area contributed by atoms with Crippen molar-refractivity contribution in [1.82, 2.24) is 4.90 Å². The van der Waals surface area contributed by atoms with Crippen LogP contribution in [0.15, 0.2) is 18.2 Å². The van der Waals surface area contributed by atoms with Gasteiger partial charge in [-0.3, -0.25) is 9.59 Å². The standard InChI is InChI=1S/C15H19FN2O3/c1-21-14(19)9-11-4-2-3-7-18(11)15(20)10-5-6-13(17)12(16)8-10/h5-6,8,11H,2-4,7,9,17H2,1H3. The van der Waals surface area contributed by atoms with Crippen LogP contribution in [-0.4, -0.2) is 36.5 Å². The first-order valence-corrected chi connectivity index (χ1v) is 6.95. The van der Waals surface area contributed by atoms with Gasteiger partial charge in [0.05, 0.1) is 19.2 Å². The SMILES string of the molecule is COC(=O)CC1CCCCN1C(=O)c1ccc(N)c(F)c1. The second kappa shape index (κ2) is 6.56. The van der Waals surface area contributed by atoms with E-state index in [-0.39, 0.29) is 35.6 Å². The number of halogens is 1. The van der Waals surface area contributed by atoms with Crippen LogP contribution in [0, 0.1) is 5.82 Å². The van der Waals surface area contributed by atoms with Crippen LogP contribution in [-0.2, 0) is 9.53 Å². The van der Waals surface area contributed by atoms with E-state index in [1.807, 2.05) is 0 Å². The minimum atomic E-state index is -0.609. The van der Waals surface area contributed by atoms with E-state index in [1.54, 1.807) is 4.90 Å². The number of amides is 1. The molecule has 6 heteroatoms. The summed E-state index contributed by atoms with van der Waals surface area (Å²) in [5, 5.41) is 0. The molecule has 2 N–H and O–H groups in total. The summed E-state index contributed by atoms with van der Waals surface area (Å²) in [6.07, 6.45) is 2.75. The van der Waals surface area contributed by atoms with Gasteiger partial charge >= 0.3 is 5.97 Å². The molecule has 0 radical (unpaired) electrons. The zero-order valence-electron chi connectivity index (χ0n) is 12.0. The average molecular weight is 294 g/mol. The number of likely N-dealkylation sites (tertiary alicyclic amines) is 1. The molecule has 1 fully saturated rings. The van der Waals surface area contributed by atoms with Gasteiger partial charge in [0.1, 0.15) is 5.82 Å². The van der Waals surface area contributed by atoms with Crippen LogP contribution in [0.4, 0.5) is 10.1 Å². The minimum Gasteiger partial charge on any atom is -0.469 e. The zero-order chi connectivity index (χ0) is 15.4. The molecular weight excluding hydrogens is 275 g/mol. The van der Waals surface area contributed by atoms with E-state index in [0.29, 0.717) is 6.54 Å². The largest absolute Gasteiger partial charge is 0.469 e. The molecule has 1 aliphatic rings. The van der Waals surface area contributed by atoms with Gasteiger partial charge in [-0.1, -0.05) is 0 Å². The van der Waals surface area contributed by atoms with E-state index in [2.05, 4.69) is 4.74 Å². The molecule has 0 aliphatic carbocycles. The van der Waals surface area contributed by atoms with Crippen molar-refractivity contribution in [2.45, 2.75) is 31.7 Å². The van der Waals surface area contributed by atoms with E-state index in [1.165, 1.54) is 19.2 Å². The molecule has 5 nitrogen and oxygen atoms in total. The number of anilines is 1. The minimum absolute atomic E-state index is 0.0105. The summed E-state index contributed by atoms with van der Waals surface area (Å²) in [6.45, 7) is 0.562. The highest BCUT2D eigenvalue weighted by Gasteiger charge is 2.29. The van der Waals surface area contributed by atoms with Gasteiger partial charge in [-0.2, -0.15) is 0 Å². The number of methoxy groups -OCH3 is 1. The summed E-state index contributed by atoms with van der Waals surface area (Å²) in [5.74, 6) is -1.23. The normalized spacial score (nSPS) is 18.4. The number of piperidine rings is 1. The molecule has 0 spiro atoms. The monoisotopic (exact) mass is 294 g/mol. The molecule has 0 aromatic heterocycles. The third kappa shape index (κ3) is 3.51. The summed E-state index contributed by atoms with van der Waals surface area (Å²) in [5.41, 5.74) is 5.68. The maximum absolute atomic E-state index is 13.5. The number of esters is 1. The first-order valence-electron chi connectivity index (χ1n) is 6.95. The summed E-state index contributed by atoms with van der Waals surface area (Å²) >= 11 is 0. The lowest BCUT2D eigenvalue weighted by Crippen LogP contribution is -2.44. The van der Waals surface area contributed by atoms with Gasteiger partial charge in [0.25, 0.3) is 5.91 Å². The van der Waals surface area contributed by atoms with Crippen LogP contribution < -0.4 is 5.73 Å². The van der Waals surface area contributed by atoms with Crippen molar-refractivity contribution in [2.75, 3.05) is 19.4 Å². The Morgan fingerprint density at radius 2 is 2.19 bits per heavy atom. The molecule has 0 saturated carbocycles. The number of rotatable bonds is 3. The molecule has 0 bridgehead atoms. The number of ether oxygens (including phenoxy) is 1. The number of carbonyl (C=O) groups is 2. The van der Waals surface area contributed by atoms with Crippen molar-refractivity contribution in [3.8, 4) is 0 Å². The fourth-order valence-corrected chi connectivity index (χ4v) is 2.58. The van der Waals surface area contributed by atoms with Crippen molar-refractivity contribution in [2.24, 2.45) is 0 Å². The van der Waals surface area contributed by atoms with Gasteiger partial charge in [0.2, 0.25) is 0 Å². The van der Waals surface area contributed by atoms with E-state index in [9.17, 15) is 14.0 Å². The van der Waals surface area contributed by atoms with Gasteiger partial charge in [-0.25, -0.2) is 4.39 Å². The lowest BCUT2D eigenvalue weighted by atomic mass is 9.98. The molecular formula is C15H19FN2O3. The Hall–Kier alpha value is -2.11. The highest BCUT2D eigenvalue weighted by molar-refractivity contribution is 5.95. The van der Waals surface area contributed by atoms with Crippen LogP contribution in [0.5, 0.6) is 0 Å². The molecule has 1 saturated heterocycles. The number of nitrogens with two attached hydrogens (primary N) is 1. The van der Waals surface area contributed by atoms with E-state index >= 15 is 0 Å². The maximum atomic E-state index is 13.5. The predicted molar refractivity (Wildman–Crippen MR) is 76.1 cm³/mol. The van der Waals surface area contributed by atoms with Crippen LogP contribution >= 0.6 is 0 Å². The van der Waals surface area contributed by atoms with Crippen LogP contribution in [0.3, 0.4) is 0 Å². The predicted octanol–water partition coefficient (Wildman–Crippen LogP) is 1.97. The number of nitrogen functional groups attached to an aromatic ring is 1. The highest BCUT2D eigenvalue weighted by Crippen LogP contribution is 2.23. The zero-order valence-corrected chi connectivity index (χ0v) is 12.0. The first kappa shape index (κ1) is 15.3. The quantitative estimate of drug-likeness (QED) is 0.683. The number of nitrogens with zero attached hydrogens (tertiary/aromatic N) is 1. The smallest absolute Gasteiger partial charge is 0.307 e. The molecule has 1 aliphatic heterocycles. The van der Waals surface area contributed by atoms with Crippen molar-refractivity contribution < 1.29 is 18.7 Å². The Kier molecular flexibility index (Phi) is 4.77. The first-order chi connectivity index (χ1) is 10.0. The van der Waals surface area contributed by atoms with Gasteiger partial charge in [-0.05, 0) is 37.5 Å². The molecule has 2 rings (SSSR count). The molecule has 1 aromatic carbocycles. The summed E-state index contributed by atoms with van der Waals surface area (Å²) in [6, 6.07) is 3.83. The second-order valence-corrected chi connectivity index (χ2v) is 5.16. The maximum Gasteiger partial charge on any atom is 0.307 e. The molecule has 1 aromatic rings. The van der Waals surface area contributed by atoms with E-state index in [4.69, 9.17) is 5.73 Å². The fourth-order valence-electron chi connectivity index (χ4n) is 2.58. The summed E-state index contributed by atoms with van der Waals surface area (Å²) in [4.78, 5) is 25.6. The number of hydrogen-bond donors (Lipinski definition) is 1. The molecule has 114 valence electrons. The second-order valence-electron chi connectivity index (χ2n) is 5.16. The van der Waals surface area contributed by atoms with Crippen molar-refractivity contribution in [3.63, 3.8) is 0 Å². The molecule has 1 unspecified atom stereocenters. The van der Waals surface area contributed by atoms with Gasteiger partial charge in [0, 0.05) is 18.2 Å². The average Bonchev–Trinajstić information content (AvgIpc) is 2.49. The molecule has 1 amide bonds. The van der Waals surface area contributed by atoms with Gasteiger partial charge in [0.15, 0.2) is 0 Å². The topological polar surface area (TPSA) is 72.6 Å². The Balaban J connectivity index is 2.17. The molecule has 1 heterocycles. The molecule has 21 heavy (non-hydrogen) atoms. The van der Waals surface area contributed by atoms with Crippen molar-refractivity contribution >= 4 is 17.6 Å². The Morgan fingerprint density at radius 3 is 2.86 bits per heavy atom. The van der Waals surface area contributed by atoms with Crippen LogP contribution in [0.25, 0.3) is 0 Å². The Bertz CT molecular complexity index is 548. The third-order valence-corrected chi connectivity index (χ3v) is 3.77. The van der Waals surface area contributed by atoms with Crippen LogP contribution in [0.2, 0.25) is 0 Å². The molecule has 1 atom stereocenters.